The number of hydrogen-bond acceptors (Lipinski definition) is 4. The van der Waals surface area contributed by atoms with Crippen LogP contribution in [0.1, 0.15) is 18.6 Å². The standard InChI is InChI=1S/C9H14N2O2/c1-12-8-4-7(13-11-8)5-9(6-10)2-3-9/h4H,2-3,5-6,10H2,1H3. The zero-order valence-electron chi connectivity index (χ0n) is 7.75. The second-order valence-electron chi connectivity index (χ2n) is 3.72. The SMILES string of the molecule is COc1cc(CC2(CN)CC2)on1. The molecule has 1 aromatic rings. The lowest BCUT2D eigenvalue weighted by atomic mass is 10.0. The molecule has 0 bridgehead atoms. The molecule has 1 saturated carbocycles. The molecular formula is C9H14N2O2. The zero-order chi connectivity index (χ0) is 9.31. The van der Waals surface area contributed by atoms with Gasteiger partial charge in [0.05, 0.1) is 7.11 Å². The van der Waals surface area contributed by atoms with Gasteiger partial charge in [0, 0.05) is 12.5 Å². The maximum absolute atomic E-state index is 5.66. The van der Waals surface area contributed by atoms with Gasteiger partial charge < -0.3 is 15.0 Å². The first-order valence-electron chi connectivity index (χ1n) is 4.48. The molecule has 0 aliphatic heterocycles. The highest BCUT2D eigenvalue weighted by Gasteiger charge is 2.42. The Morgan fingerprint density at radius 3 is 2.92 bits per heavy atom. The van der Waals surface area contributed by atoms with Crippen LogP contribution in [-0.2, 0) is 6.42 Å². The molecule has 4 heteroatoms. The van der Waals surface area contributed by atoms with Crippen molar-refractivity contribution in [2.45, 2.75) is 19.3 Å². The lowest BCUT2D eigenvalue weighted by Gasteiger charge is -2.07. The first kappa shape index (κ1) is 8.56. The van der Waals surface area contributed by atoms with Gasteiger partial charge in [-0.25, -0.2) is 0 Å². The van der Waals surface area contributed by atoms with Crippen molar-refractivity contribution >= 4 is 0 Å². The number of nitrogens with zero attached hydrogens (tertiary/aromatic N) is 1. The minimum atomic E-state index is 0.296. The molecule has 0 amide bonds. The molecule has 1 aromatic heterocycles. The van der Waals surface area contributed by atoms with Crippen molar-refractivity contribution in [1.29, 1.82) is 0 Å². The molecule has 1 aliphatic rings. The Labute approximate surface area is 77.0 Å². The number of rotatable bonds is 4. The predicted molar refractivity (Wildman–Crippen MR) is 47.5 cm³/mol. The van der Waals surface area contributed by atoms with E-state index in [2.05, 4.69) is 5.16 Å². The summed E-state index contributed by atoms with van der Waals surface area (Å²) >= 11 is 0. The third-order valence-corrected chi connectivity index (χ3v) is 2.69. The van der Waals surface area contributed by atoms with E-state index in [0.717, 1.165) is 18.7 Å². The summed E-state index contributed by atoms with van der Waals surface area (Å²) in [6.45, 7) is 0.732. The fourth-order valence-electron chi connectivity index (χ4n) is 1.47. The third-order valence-electron chi connectivity index (χ3n) is 2.69. The normalized spacial score (nSPS) is 18.6. The zero-order valence-corrected chi connectivity index (χ0v) is 7.75. The highest BCUT2D eigenvalue weighted by molar-refractivity contribution is 5.14. The second-order valence-corrected chi connectivity index (χ2v) is 3.72. The summed E-state index contributed by atoms with van der Waals surface area (Å²) in [5, 5.41) is 3.74. The van der Waals surface area contributed by atoms with Crippen molar-refractivity contribution in [3.05, 3.63) is 11.8 Å². The van der Waals surface area contributed by atoms with E-state index in [1.54, 1.807) is 7.11 Å². The van der Waals surface area contributed by atoms with Gasteiger partial charge >= 0.3 is 0 Å². The number of hydrogen-bond donors (Lipinski definition) is 1. The molecular weight excluding hydrogens is 168 g/mol. The summed E-state index contributed by atoms with van der Waals surface area (Å²) in [6, 6.07) is 1.83. The number of methoxy groups -OCH3 is 1. The molecule has 0 spiro atoms. The van der Waals surface area contributed by atoms with E-state index in [1.807, 2.05) is 6.07 Å². The van der Waals surface area contributed by atoms with E-state index in [9.17, 15) is 0 Å². The summed E-state index contributed by atoms with van der Waals surface area (Å²) in [7, 11) is 1.58. The molecule has 0 atom stereocenters. The smallest absolute Gasteiger partial charge is 0.254 e. The summed E-state index contributed by atoms with van der Waals surface area (Å²) < 4.78 is 10.0. The average molecular weight is 182 g/mol. The van der Waals surface area contributed by atoms with Gasteiger partial charge in [-0.05, 0) is 30.0 Å². The van der Waals surface area contributed by atoms with Gasteiger partial charge in [-0.2, -0.15) is 0 Å². The number of aromatic nitrogens is 1. The Morgan fingerprint density at radius 2 is 2.46 bits per heavy atom. The van der Waals surface area contributed by atoms with E-state index in [1.165, 1.54) is 12.8 Å². The van der Waals surface area contributed by atoms with E-state index in [4.69, 9.17) is 15.0 Å². The van der Waals surface area contributed by atoms with Crippen LogP contribution in [0.2, 0.25) is 0 Å². The fourth-order valence-corrected chi connectivity index (χ4v) is 1.47. The molecule has 72 valence electrons. The lowest BCUT2D eigenvalue weighted by Crippen LogP contribution is -2.17. The summed E-state index contributed by atoms with van der Waals surface area (Å²) in [4.78, 5) is 0. The number of ether oxygens (including phenoxy) is 1. The van der Waals surface area contributed by atoms with Crippen molar-refractivity contribution in [3.63, 3.8) is 0 Å². The summed E-state index contributed by atoms with van der Waals surface area (Å²) in [5.74, 6) is 1.42. The highest BCUT2D eigenvalue weighted by atomic mass is 16.5. The van der Waals surface area contributed by atoms with Crippen LogP contribution in [0.25, 0.3) is 0 Å². The molecule has 1 heterocycles. The van der Waals surface area contributed by atoms with Crippen molar-refractivity contribution in [3.8, 4) is 5.88 Å². The molecule has 0 unspecified atom stereocenters. The minimum Gasteiger partial charge on any atom is -0.479 e. The van der Waals surface area contributed by atoms with Crippen LogP contribution >= 0.6 is 0 Å². The second kappa shape index (κ2) is 3.03. The quantitative estimate of drug-likeness (QED) is 0.753. The summed E-state index contributed by atoms with van der Waals surface area (Å²) in [5.41, 5.74) is 5.96. The van der Waals surface area contributed by atoms with Crippen LogP contribution in [-0.4, -0.2) is 18.8 Å². The van der Waals surface area contributed by atoms with Crippen LogP contribution in [0.3, 0.4) is 0 Å². The van der Waals surface area contributed by atoms with Crippen LogP contribution in [0.5, 0.6) is 5.88 Å². The van der Waals surface area contributed by atoms with Gasteiger partial charge in [-0.15, -0.1) is 0 Å². The molecule has 4 nitrogen and oxygen atoms in total. The monoisotopic (exact) mass is 182 g/mol. The Hall–Kier alpha value is -1.03. The van der Waals surface area contributed by atoms with Crippen molar-refractivity contribution in [2.24, 2.45) is 11.1 Å². The van der Waals surface area contributed by atoms with Crippen molar-refractivity contribution in [2.75, 3.05) is 13.7 Å². The van der Waals surface area contributed by atoms with Crippen molar-refractivity contribution in [1.82, 2.24) is 5.16 Å². The Bertz CT molecular complexity index is 292. The largest absolute Gasteiger partial charge is 0.479 e. The predicted octanol–water partition coefficient (Wildman–Crippen LogP) is 0.965. The molecule has 0 saturated heterocycles. The van der Waals surface area contributed by atoms with Gasteiger partial charge in [-0.3, -0.25) is 0 Å². The highest BCUT2D eigenvalue weighted by Crippen LogP contribution is 2.47. The third kappa shape index (κ3) is 1.67. The molecule has 1 fully saturated rings. The topological polar surface area (TPSA) is 61.3 Å². The summed E-state index contributed by atoms with van der Waals surface area (Å²) in [6.07, 6.45) is 3.29. The van der Waals surface area contributed by atoms with Gasteiger partial charge in [0.25, 0.3) is 5.88 Å². The van der Waals surface area contributed by atoms with Gasteiger partial charge in [-0.1, -0.05) is 0 Å². The lowest BCUT2D eigenvalue weighted by molar-refractivity contribution is 0.315. The molecule has 1 aliphatic carbocycles. The first-order chi connectivity index (χ1) is 6.28. The minimum absolute atomic E-state index is 0.296. The van der Waals surface area contributed by atoms with Crippen molar-refractivity contribution < 1.29 is 9.26 Å². The Kier molecular flexibility index (Phi) is 2.00. The van der Waals surface area contributed by atoms with Crippen LogP contribution < -0.4 is 10.5 Å². The van der Waals surface area contributed by atoms with Crippen LogP contribution in [0, 0.1) is 5.41 Å². The van der Waals surface area contributed by atoms with Gasteiger partial charge in [0.1, 0.15) is 5.76 Å². The van der Waals surface area contributed by atoms with Crippen LogP contribution in [0.4, 0.5) is 0 Å². The molecule has 13 heavy (non-hydrogen) atoms. The fraction of sp³-hybridized carbons (Fsp3) is 0.667. The first-order valence-corrected chi connectivity index (χ1v) is 4.48. The van der Waals surface area contributed by atoms with E-state index < -0.39 is 0 Å². The van der Waals surface area contributed by atoms with Gasteiger partial charge in [0.15, 0.2) is 0 Å². The number of nitrogens with two attached hydrogens (primary N) is 1. The molecule has 2 rings (SSSR count). The molecule has 0 radical (unpaired) electrons. The Balaban J connectivity index is 2.01. The van der Waals surface area contributed by atoms with Gasteiger partial charge in [0.2, 0.25) is 0 Å². The maximum atomic E-state index is 5.66. The van der Waals surface area contributed by atoms with E-state index >= 15 is 0 Å². The molecule has 2 N–H and O–H groups in total. The maximum Gasteiger partial charge on any atom is 0.254 e. The van der Waals surface area contributed by atoms with Crippen LogP contribution in [0.15, 0.2) is 10.6 Å². The Morgan fingerprint density at radius 1 is 1.69 bits per heavy atom. The average Bonchev–Trinajstić information content (AvgIpc) is 2.77. The molecule has 0 aromatic carbocycles. The van der Waals surface area contributed by atoms with E-state index in [-0.39, 0.29) is 0 Å². The van der Waals surface area contributed by atoms with E-state index in [0.29, 0.717) is 11.3 Å².